The van der Waals surface area contributed by atoms with E-state index in [1.165, 1.54) is 42.6 Å². The van der Waals surface area contributed by atoms with Crippen LogP contribution in [-0.4, -0.2) is 44.3 Å². The van der Waals surface area contributed by atoms with E-state index >= 15 is 0 Å². The van der Waals surface area contributed by atoms with Gasteiger partial charge in [0.05, 0.1) is 17.7 Å². The maximum absolute atomic E-state index is 11.7. The van der Waals surface area contributed by atoms with Crippen molar-refractivity contribution >= 4 is 40.9 Å². The lowest BCUT2D eigenvalue weighted by molar-refractivity contribution is -0.142. The molecule has 0 amide bonds. The Morgan fingerprint density at radius 3 is 2.67 bits per heavy atom. The molecule has 2 N–H and O–H groups in total. The molecular formula is C26H36N2O3S2. The average Bonchev–Trinajstić information content (AvgIpc) is 3.02. The number of rotatable bonds is 10. The number of fused-ring (bicyclic) bond motifs is 1. The summed E-state index contributed by atoms with van der Waals surface area (Å²) in [4.78, 5) is 16.4. The highest BCUT2D eigenvalue weighted by molar-refractivity contribution is 7.99. The van der Waals surface area contributed by atoms with Gasteiger partial charge in [0.15, 0.2) is 0 Å². The molecule has 1 aliphatic heterocycles. The van der Waals surface area contributed by atoms with Gasteiger partial charge in [-0.3, -0.25) is 4.79 Å². The lowest BCUT2D eigenvalue weighted by atomic mass is 9.81. The van der Waals surface area contributed by atoms with Gasteiger partial charge >= 0.3 is 5.97 Å². The number of hydrogen-bond acceptors (Lipinski definition) is 7. The van der Waals surface area contributed by atoms with Crippen LogP contribution in [0.25, 0.3) is 0 Å². The van der Waals surface area contributed by atoms with Crippen molar-refractivity contribution in [1.29, 1.82) is 0 Å². The lowest BCUT2D eigenvalue weighted by Crippen LogP contribution is -2.37. The van der Waals surface area contributed by atoms with Crippen LogP contribution in [0, 0.1) is 5.41 Å². The van der Waals surface area contributed by atoms with Gasteiger partial charge in [-0.05, 0) is 48.8 Å². The Morgan fingerprint density at radius 1 is 1.27 bits per heavy atom. The van der Waals surface area contributed by atoms with Crippen molar-refractivity contribution < 1.29 is 14.3 Å². The summed E-state index contributed by atoms with van der Waals surface area (Å²) in [6, 6.07) is 14.2. The van der Waals surface area contributed by atoms with Crippen molar-refractivity contribution in [2.24, 2.45) is 11.1 Å². The molecule has 1 aliphatic rings. The molecule has 0 spiro atoms. The summed E-state index contributed by atoms with van der Waals surface area (Å²) in [5.41, 5.74) is 8.57. The van der Waals surface area contributed by atoms with Gasteiger partial charge in [-0.15, -0.1) is 23.5 Å². The Balaban J connectivity index is 2.01. The first kappa shape index (κ1) is 25.8. The lowest BCUT2D eigenvalue weighted by Gasteiger charge is -2.37. The Bertz CT molecular complexity index is 925. The number of hydrogen-bond donors (Lipinski definition) is 1. The molecule has 0 radical (unpaired) electrons. The van der Waals surface area contributed by atoms with Gasteiger partial charge in [0.2, 0.25) is 0 Å². The van der Waals surface area contributed by atoms with Crippen LogP contribution < -0.4 is 15.4 Å². The van der Waals surface area contributed by atoms with Gasteiger partial charge in [-0.2, -0.15) is 0 Å². The predicted molar refractivity (Wildman–Crippen MR) is 140 cm³/mol. The van der Waals surface area contributed by atoms with E-state index in [0.717, 1.165) is 29.4 Å². The number of carbonyl (C=O) groups excluding carboxylic acids is 1. The van der Waals surface area contributed by atoms with Crippen LogP contribution in [-0.2, 0) is 9.53 Å². The van der Waals surface area contributed by atoms with Gasteiger partial charge < -0.3 is 20.1 Å². The quantitative estimate of drug-likeness (QED) is 0.319. The number of nitrogens with zero attached hydrogens (tertiary/aromatic N) is 1. The number of ether oxygens (including phenoxy) is 2. The molecule has 2 aromatic carbocycles. The summed E-state index contributed by atoms with van der Waals surface area (Å²) in [6.45, 7) is 5.67. The monoisotopic (exact) mass is 488 g/mol. The van der Waals surface area contributed by atoms with Crippen molar-refractivity contribution in [2.45, 2.75) is 55.4 Å². The van der Waals surface area contributed by atoms with Crippen molar-refractivity contribution in [3.05, 3.63) is 42.5 Å². The second-order valence-electron chi connectivity index (χ2n) is 8.58. The molecule has 5 nitrogen and oxygen atoms in total. The fourth-order valence-corrected chi connectivity index (χ4v) is 6.11. The highest BCUT2D eigenvalue weighted by Crippen LogP contribution is 2.49. The zero-order valence-corrected chi connectivity index (χ0v) is 21.8. The third-order valence-electron chi connectivity index (χ3n) is 6.36. The van der Waals surface area contributed by atoms with E-state index in [-0.39, 0.29) is 12.0 Å². The summed E-state index contributed by atoms with van der Waals surface area (Å²) in [5.74, 6) is 1.36. The first-order valence-electron chi connectivity index (χ1n) is 11.6. The van der Waals surface area contributed by atoms with Crippen LogP contribution >= 0.6 is 23.5 Å². The smallest absolute Gasteiger partial charge is 0.326 e. The van der Waals surface area contributed by atoms with Gasteiger partial charge in [-0.1, -0.05) is 44.9 Å². The molecule has 2 unspecified atom stereocenters. The molecule has 0 saturated heterocycles. The molecule has 3 rings (SSSR count). The van der Waals surface area contributed by atoms with E-state index in [2.05, 4.69) is 61.2 Å². The summed E-state index contributed by atoms with van der Waals surface area (Å²) in [7, 11) is 1.34. The molecule has 0 aromatic heterocycles. The largest absolute Gasteiger partial charge is 0.490 e. The molecule has 0 bridgehead atoms. The number of benzene rings is 2. The SMILES string of the molecule is CCCCC1(CC)CSc2cc(OCC(N)C(=O)OC)c(SC)cc2N(c2ccccc2)C1. The Morgan fingerprint density at radius 2 is 2.03 bits per heavy atom. The van der Waals surface area contributed by atoms with Gasteiger partial charge in [0.25, 0.3) is 0 Å². The number of para-hydroxylation sites is 1. The fraction of sp³-hybridized carbons (Fsp3) is 0.500. The van der Waals surface area contributed by atoms with E-state index in [1.54, 1.807) is 11.8 Å². The Labute approximate surface area is 206 Å². The van der Waals surface area contributed by atoms with E-state index in [9.17, 15) is 4.79 Å². The van der Waals surface area contributed by atoms with Crippen molar-refractivity contribution in [3.8, 4) is 5.75 Å². The van der Waals surface area contributed by atoms with Crippen molar-refractivity contribution in [1.82, 2.24) is 0 Å². The van der Waals surface area contributed by atoms with Crippen LogP contribution in [0.5, 0.6) is 5.75 Å². The number of unbranched alkanes of at least 4 members (excludes halogenated alkanes) is 1. The van der Waals surface area contributed by atoms with Gasteiger partial charge in [0, 0.05) is 22.9 Å². The number of carbonyl (C=O) groups is 1. The van der Waals surface area contributed by atoms with Crippen LogP contribution in [0.1, 0.15) is 39.5 Å². The first-order chi connectivity index (χ1) is 16.0. The second-order valence-corrected chi connectivity index (χ2v) is 10.4. The molecule has 0 aliphatic carbocycles. The molecule has 33 heavy (non-hydrogen) atoms. The summed E-state index contributed by atoms with van der Waals surface area (Å²) < 4.78 is 10.8. The molecule has 0 fully saturated rings. The maximum Gasteiger partial charge on any atom is 0.326 e. The molecule has 1 heterocycles. The molecular weight excluding hydrogens is 452 g/mol. The molecule has 0 saturated carbocycles. The summed E-state index contributed by atoms with van der Waals surface area (Å²) in [6.07, 6.45) is 6.85. The maximum atomic E-state index is 11.7. The fourth-order valence-electron chi connectivity index (χ4n) is 4.16. The summed E-state index contributed by atoms with van der Waals surface area (Å²) >= 11 is 3.55. The van der Waals surface area contributed by atoms with Crippen LogP contribution in [0.15, 0.2) is 52.3 Å². The third kappa shape index (κ3) is 6.19. The standard InChI is InChI=1S/C26H36N2O3S2/c1-5-7-13-26(6-2)17-28(19-11-9-8-10-12-19)21-14-24(32-4)22(15-23(21)33-18-26)31-16-20(27)25(29)30-3/h8-12,14-15,20H,5-7,13,16-18,27H2,1-4H3. The Hall–Kier alpha value is -1.83. The van der Waals surface area contributed by atoms with E-state index in [1.807, 2.05) is 18.0 Å². The topological polar surface area (TPSA) is 64.8 Å². The van der Waals surface area contributed by atoms with Crippen LogP contribution in [0.3, 0.4) is 0 Å². The Kier molecular flexibility index (Phi) is 9.41. The summed E-state index contributed by atoms with van der Waals surface area (Å²) in [5, 5.41) is 0. The van der Waals surface area contributed by atoms with Gasteiger partial charge in [-0.25, -0.2) is 0 Å². The average molecular weight is 489 g/mol. The van der Waals surface area contributed by atoms with Gasteiger partial charge in [0.1, 0.15) is 18.4 Å². The van der Waals surface area contributed by atoms with E-state index in [0.29, 0.717) is 0 Å². The molecule has 180 valence electrons. The molecule has 2 aromatic rings. The number of methoxy groups -OCH3 is 1. The number of esters is 1. The zero-order valence-electron chi connectivity index (χ0n) is 20.1. The van der Waals surface area contributed by atoms with Crippen molar-refractivity contribution in [3.63, 3.8) is 0 Å². The third-order valence-corrected chi connectivity index (χ3v) is 8.52. The second kappa shape index (κ2) is 12.0. The number of thioether (sulfide) groups is 2. The normalized spacial score (nSPS) is 18.9. The zero-order chi connectivity index (χ0) is 23.8. The van der Waals surface area contributed by atoms with E-state index in [4.69, 9.17) is 15.2 Å². The molecule has 7 heteroatoms. The first-order valence-corrected chi connectivity index (χ1v) is 13.8. The minimum atomic E-state index is -0.807. The number of anilines is 2. The number of nitrogens with two attached hydrogens (primary N) is 1. The highest BCUT2D eigenvalue weighted by atomic mass is 32.2. The van der Waals surface area contributed by atoms with Crippen LogP contribution in [0.2, 0.25) is 0 Å². The highest BCUT2D eigenvalue weighted by Gasteiger charge is 2.35. The van der Waals surface area contributed by atoms with E-state index < -0.39 is 12.0 Å². The minimum Gasteiger partial charge on any atom is -0.490 e. The molecule has 2 atom stereocenters. The van der Waals surface area contributed by atoms with Crippen LogP contribution in [0.4, 0.5) is 11.4 Å². The van der Waals surface area contributed by atoms with Crippen molar-refractivity contribution in [2.75, 3.05) is 37.2 Å². The predicted octanol–water partition coefficient (Wildman–Crippen LogP) is 6.12. The minimum absolute atomic E-state index is 0.0848.